The van der Waals surface area contributed by atoms with E-state index in [9.17, 15) is 0 Å². The van der Waals surface area contributed by atoms with Crippen LogP contribution in [0, 0.1) is 0 Å². The second-order valence-electron chi connectivity index (χ2n) is 5.10. The van der Waals surface area contributed by atoms with Crippen LogP contribution >= 0.6 is 11.3 Å². The van der Waals surface area contributed by atoms with Gasteiger partial charge in [0.05, 0.1) is 11.7 Å². The number of hydrogen-bond acceptors (Lipinski definition) is 4. The molecule has 0 aromatic carbocycles. The van der Waals surface area contributed by atoms with E-state index in [0.717, 1.165) is 24.6 Å². The topological polar surface area (TPSA) is 34.1 Å². The summed E-state index contributed by atoms with van der Waals surface area (Å²) in [6, 6.07) is 0.450. The minimum atomic E-state index is -0.216. The summed E-state index contributed by atoms with van der Waals surface area (Å²) in [5.74, 6) is 0. The number of aromatic nitrogens is 1. The monoisotopic (exact) mass is 268 g/mol. The molecule has 0 amide bonds. The van der Waals surface area contributed by atoms with Crippen LogP contribution in [0.3, 0.4) is 0 Å². The average Bonchev–Trinajstić information content (AvgIpc) is 2.90. The maximum absolute atomic E-state index is 5.89. The van der Waals surface area contributed by atoms with Crippen molar-refractivity contribution < 1.29 is 4.74 Å². The van der Waals surface area contributed by atoms with Gasteiger partial charge in [-0.1, -0.05) is 13.3 Å². The van der Waals surface area contributed by atoms with E-state index in [-0.39, 0.29) is 5.60 Å². The Balaban J connectivity index is 2.13. The molecule has 1 aliphatic rings. The van der Waals surface area contributed by atoms with E-state index in [1.54, 1.807) is 11.3 Å². The van der Waals surface area contributed by atoms with Gasteiger partial charge in [0, 0.05) is 12.0 Å². The van der Waals surface area contributed by atoms with Crippen molar-refractivity contribution in [2.24, 2.45) is 0 Å². The first kappa shape index (κ1) is 14.0. The SMILES string of the molecule is CCOC(C)(CC)c1nc(C2CCCCN2)cs1. The molecule has 3 nitrogen and oxygen atoms in total. The van der Waals surface area contributed by atoms with E-state index >= 15 is 0 Å². The Hall–Kier alpha value is -0.450. The number of piperidine rings is 1. The second-order valence-corrected chi connectivity index (χ2v) is 5.96. The summed E-state index contributed by atoms with van der Waals surface area (Å²) in [5.41, 5.74) is 0.987. The van der Waals surface area contributed by atoms with Crippen molar-refractivity contribution in [3.05, 3.63) is 16.1 Å². The van der Waals surface area contributed by atoms with Gasteiger partial charge in [-0.25, -0.2) is 4.98 Å². The van der Waals surface area contributed by atoms with Gasteiger partial charge in [0.2, 0.25) is 0 Å². The zero-order valence-corrected chi connectivity index (χ0v) is 12.5. The third-order valence-electron chi connectivity index (χ3n) is 3.78. The zero-order chi connectivity index (χ0) is 13.0. The first-order chi connectivity index (χ1) is 8.69. The molecule has 0 spiro atoms. The van der Waals surface area contributed by atoms with Gasteiger partial charge < -0.3 is 10.1 Å². The third-order valence-corrected chi connectivity index (χ3v) is 4.88. The van der Waals surface area contributed by atoms with Gasteiger partial charge >= 0.3 is 0 Å². The summed E-state index contributed by atoms with van der Waals surface area (Å²) < 4.78 is 5.89. The fraction of sp³-hybridized carbons (Fsp3) is 0.786. The first-order valence-corrected chi connectivity index (χ1v) is 7.91. The lowest BCUT2D eigenvalue weighted by Gasteiger charge is -2.26. The first-order valence-electron chi connectivity index (χ1n) is 7.03. The minimum absolute atomic E-state index is 0.216. The van der Waals surface area contributed by atoms with Crippen molar-refractivity contribution in [2.75, 3.05) is 13.2 Å². The molecule has 1 aliphatic heterocycles. The molecule has 4 heteroatoms. The normalized spacial score (nSPS) is 23.8. The standard InChI is InChI=1S/C14H24N2OS/c1-4-14(3,17-5-2)13-16-12(10-18-13)11-8-6-7-9-15-11/h10-11,15H,4-9H2,1-3H3. The summed E-state index contributed by atoms with van der Waals surface area (Å²) in [6.07, 6.45) is 4.77. The maximum Gasteiger partial charge on any atom is 0.125 e. The highest BCUT2D eigenvalue weighted by atomic mass is 32.1. The summed E-state index contributed by atoms with van der Waals surface area (Å²) in [5, 5.41) is 6.87. The Morgan fingerprint density at radius 1 is 1.50 bits per heavy atom. The van der Waals surface area contributed by atoms with Gasteiger partial charge in [0.25, 0.3) is 0 Å². The molecule has 102 valence electrons. The van der Waals surface area contributed by atoms with E-state index in [4.69, 9.17) is 9.72 Å². The summed E-state index contributed by atoms with van der Waals surface area (Å²) in [7, 11) is 0. The Morgan fingerprint density at radius 3 is 2.94 bits per heavy atom. The molecule has 1 N–H and O–H groups in total. The van der Waals surface area contributed by atoms with Crippen LogP contribution in [0.1, 0.15) is 63.2 Å². The molecular weight excluding hydrogens is 244 g/mol. The zero-order valence-electron chi connectivity index (χ0n) is 11.7. The number of nitrogens with one attached hydrogen (secondary N) is 1. The largest absolute Gasteiger partial charge is 0.368 e. The highest BCUT2D eigenvalue weighted by Crippen LogP contribution is 2.33. The van der Waals surface area contributed by atoms with Gasteiger partial charge in [-0.05, 0) is 39.7 Å². The molecule has 0 bridgehead atoms. The molecule has 2 atom stereocenters. The maximum atomic E-state index is 5.89. The van der Waals surface area contributed by atoms with Crippen LogP contribution in [0.25, 0.3) is 0 Å². The molecular formula is C14H24N2OS. The van der Waals surface area contributed by atoms with Crippen molar-refractivity contribution in [3.8, 4) is 0 Å². The van der Waals surface area contributed by atoms with Crippen LogP contribution in [-0.4, -0.2) is 18.1 Å². The molecule has 1 aromatic heterocycles. The number of nitrogens with zero attached hydrogens (tertiary/aromatic N) is 1. The fourth-order valence-corrected chi connectivity index (χ4v) is 3.49. The number of rotatable bonds is 5. The van der Waals surface area contributed by atoms with E-state index in [2.05, 4.69) is 24.5 Å². The molecule has 1 aromatic rings. The van der Waals surface area contributed by atoms with E-state index in [0.29, 0.717) is 6.04 Å². The lowest BCUT2D eigenvalue weighted by Crippen LogP contribution is -2.28. The lowest BCUT2D eigenvalue weighted by atomic mass is 10.0. The summed E-state index contributed by atoms with van der Waals surface area (Å²) in [6.45, 7) is 8.21. The minimum Gasteiger partial charge on any atom is -0.368 e. The van der Waals surface area contributed by atoms with Crippen LogP contribution < -0.4 is 5.32 Å². The molecule has 2 unspecified atom stereocenters. The molecule has 18 heavy (non-hydrogen) atoms. The summed E-state index contributed by atoms with van der Waals surface area (Å²) in [4.78, 5) is 4.83. The van der Waals surface area contributed by atoms with Crippen molar-refractivity contribution in [3.63, 3.8) is 0 Å². The molecule has 0 aliphatic carbocycles. The van der Waals surface area contributed by atoms with Crippen molar-refractivity contribution >= 4 is 11.3 Å². The Kier molecular flexibility index (Phi) is 4.76. The molecule has 0 radical (unpaired) electrons. The molecule has 1 saturated heterocycles. The van der Waals surface area contributed by atoms with E-state index in [1.165, 1.54) is 25.0 Å². The van der Waals surface area contributed by atoms with Crippen LogP contribution in [0.15, 0.2) is 5.38 Å². The predicted octanol–water partition coefficient (Wildman–Crippen LogP) is 3.62. The second kappa shape index (κ2) is 6.13. The van der Waals surface area contributed by atoms with E-state index in [1.807, 2.05) is 6.92 Å². The molecule has 2 rings (SSSR count). The van der Waals surface area contributed by atoms with Crippen LogP contribution in [0.5, 0.6) is 0 Å². The number of thiazole rings is 1. The van der Waals surface area contributed by atoms with Crippen molar-refractivity contribution in [2.45, 2.75) is 58.1 Å². The highest BCUT2D eigenvalue weighted by Gasteiger charge is 2.29. The molecule has 0 saturated carbocycles. The van der Waals surface area contributed by atoms with Gasteiger partial charge in [0.15, 0.2) is 0 Å². The number of hydrogen-bond donors (Lipinski definition) is 1. The smallest absolute Gasteiger partial charge is 0.125 e. The Bertz CT molecular complexity index is 374. The number of ether oxygens (including phenoxy) is 1. The summed E-state index contributed by atoms with van der Waals surface area (Å²) >= 11 is 1.74. The van der Waals surface area contributed by atoms with E-state index < -0.39 is 0 Å². The Labute approximate surface area is 114 Å². The Morgan fingerprint density at radius 2 is 2.33 bits per heavy atom. The van der Waals surface area contributed by atoms with Gasteiger partial charge in [-0.15, -0.1) is 11.3 Å². The molecule has 1 fully saturated rings. The van der Waals surface area contributed by atoms with Crippen LogP contribution in [0.2, 0.25) is 0 Å². The predicted molar refractivity (Wildman–Crippen MR) is 76.0 cm³/mol. The highest BCUT2D eigenvalue weighted by molar-refractivity contribution is 7.09. The lowest BCUT2D eigenvalue weighted by molar-refractivity contribution is -0.0326. The molecule has 2 heterocycles. The average molecular weight is 268 g/mol. The van der Waals surface area contributed by atoms with Crippen molar-refractivity contribution in [1.82, 2.24) is 10.3 Å². The van der Waals surface area contributed by atoms with Gasteiger partial charge in [0.1, 0.15) is 10.6 Å². The van der Waals surface area contributed by atoms with Crippen LogP contribution in [-0.2, 0) is 10.3 Å². The van der Waals surface area contributed by atoms with Crippen LogP contribution in [0.4, 0.5) is 0 Å². The van der Waals surface area contributed by atoms with Gasteiger partial charge in [-0.3, -0.25) is 0 Å². The quantitative estimate of drug-likeness (QED) is 0.885. The fourth-order valence-electron chi connectivity index (χ4n) is 2.43. The van der Waals surface area contributed by atoms with Gasteiger partial charge in [-0.2, -0.15) is 0 Å². The van der Waals surface area contributed by atoms with Crippen molar-refractivity contribution in [1.29, 1.82) is 0 Å². The third kappa shape index (κ3) is 2.92.